The van der Waals surface area contributed by atoms with E-state index in [2.05, 4.69) is 15.3 Å². The number of hydrogen-bond acceptors (Lipinski definition) is 5. The molecule has 0 amide bonds. The van der Waals surface area contributed by atoms with Crippen molar-refractivity contribution in [3.8, 4) is 0 Å². The molecule has 1 aliphatic rings. The molecule has 0 radical (unpaired) electrons. The Morgan fingerprint density at radius 3 is 2.60 bits per heavy atom. The summed E-state index contributed by atoms with van der Waals surface area (Å²) < 4.78 is 0. The summed E-state index contributed by atoms with van der Waals surface area (Å²) >= 11 is 0. The number of rotatable bonds is 5. The monoisotopic (exact) mass is 332 g/mol. The van der Waals surface area contributed by atoms with Gasteiger partial charge in [0.05, 0.1) is 30.6 Å². The molecule has 0 saturated heterocycles. The predicted molar refractivity (Wildman–Crippen MR) is 102 cm³/mol. The number of para-hydroxylation sites is 1. The summed E-state index contributed by atoms with van der Waals surface area (Å²) in [5.74, 6) is 0.125. The maximum absolute atomic E-state index is 12.5. The SMILES string of the molecule is Cc1ccccc1C1=NCC(C(=O)CNc2ccccc2)=C(N)N=C1. The number of aliphatic imine (C=N–C) groups is 2. The lowest BCUT2D eigenvalue weighted by Crippen LogP contribution is -2.20. The smallest absolute Gasteiger partial charge is 0.183 e. The van der Waals surface area contributed by atoms with Gasteiger partial charge >= 0.3 is 0 Å². The highest BCUT2D eigenvalue weighted by Gasteiger charge is 2.16. The van der Waals surface area contributed by atoms with Crippen LogP contribution in [-0.2, 0) is 4.79 Å². The van der Waals surface area contributed by atoms with Gasteiger partial charge in [0.25, 0.3) is 0 Å². The van der Waals surface area contributed by atoms with Crippen LogP contribution in [-0.4, -0.2) is 30.8 Å². The first-order chi connectivity index (χ1) is 12.1. The lowest BCUT2D eigenvalue weighted by molar-refractivity contribution is -0.114. The highest BCUT2D eigenvalue weighted by molar-refractivity contribution is 6.39. The van der Waals surface area contributed by atoms with Crippen molar-refractivity contribution in [1.82, 2.24) is 0 Å². The predicted octanol–water partition coefficient (Wildman–Crippen LogP) is 2.72. The van der Waals surface area contributed by atoms with Crippen LogP contribution in [0.1, 0.15) is 11.1 Å². The summed E-state index contributed by atoms with van der Waals surface area (Å²) in [6, 6.07) is 17.5. The van der Waals surface area contributed by atoms with E-state index in [0.717, 1.165) is 22.5 Å². The maximum atomic E-state index is 12.5. The largest absolute Gasteiger partial charge is 0.383 e. The summed E-state index contributed by atoms with van der Waals surface area (Å²) in [6.45, 7) is 2.40. The Labute approximate surface area is 147 Å². The average Bonchev–Trinajstić information content (AvgIpc) is 2.83. The van der Waals surface area contributed by atoms with Crippen LogP contribution in [0.2, 0.25) is 0 Å². The van der Waals surface area contributed by atoms with E-state index >= 15 is 0 Å². The van der Waals surface area contributed by atoms with Gasteiger partial charge in [-0.15, -0.1) is 0 Å². The van der Waals surface area contributed by atoms with Crippen LogP contribution in [0.25, 0.3) is 0 Å². The van der Waals surface area contributed by atoms with Gasteiger partial charge in [-0.3, -0.25) is 9.79 Å². The van der Waals surface area contributed by atoms with Crippen LogP contribution in [0.5, 0.6) is 0 Å². The third-order valence-electron chi connectivity index (χ3n) is 4.03. The normalized spacial score (nSPS) is 14.0. The van der Waals surface area contributed by atoms with Crippen molar-refractivity contribution in [2.24, 2.45) is 15.7 Å². The molecule has 5 nitrogen and oxygen atoms in total. The van der Waals surface area contributed by atoms with Crippen LogP contribution in [0, 0.1) is 6.92 Å². The number of anilines is 1. The molecule has 0 fully saturated rings. The number of carbonyl (C=O) groups is 1. The first kappa shape index (κ1) is 16.6. The minimum absolute atomic E-state index is 0.103. The van der Waals surface area contributed by atoms with Gasteiger partial charge < -0.3 is 11.1 Å². The van der Waals surface area contributed by atoms with Crippen molar-refractivity contribution < 1.29 is 4.79 Å². The van der Waals surface area contributed by atoms with Gasteiger partial charge in [-0.05, 0) is 24.6 Å². The van der Waals surface area contributed by atoms with Gasteiger partial charge in [-0.25, -0.2) is 4.99 Å². The van der Waals surface area contributed by atoms with Gasteiger partial charge in [0.15, 0.2) is 5.78 Å². The number of nitrogens with one attached hydrogen (secondary N) is 1. The second-order valence-corrected chi connectivity index (χ2v) is 5.78. The first-order valence-corrected chi connectivity index (χ1v) is 8.10. The van der Waals surface area contributed by atoms with Crippen LogP contribution in [0.3, 0.4) is 0 Å². The average molecular weight is 332 g/mol. The lowest BCUT2D eigenvalue weighted by Gasteiger charge is -2.08. The minimum Gasteiger partial charge on any atom is -0.383 e. The van der Waals surface area contributed by atoms with E-state index in [1.807, 2.05) is 61.5 Å². The fraction of sp³-hybridized carbons (Fsp3) is 0.150. The molecule has 0 spiro atoms. The summed E-state index contributed by atoms with van der Waals surface area (Å²) in [7, 11) is 0. The van der Waals surface area contributed by atoms with Crippen molar-refractivity contribution >= 4 is 23.4 Å². The van der Waals surface area contributed by atoms with Gasteiger partial charge in [0.2, 0.25) is 0 Å². The zero-order valence-corrected chi connectivity index (χ0v) is 14.1. The third kappa shape index (κ3) is 4.01. The van der Waals surface area contributed by atoms with Gasteiger partial charge in [-0.2, -0.15) is 0 Å². The Morgan fingerprint density at radius 2 is 1.84 bits per heavy atom. The molecule has 5 heteroatoms. The quantitative estimate of drug-likeness (QED) is 0.883. The van der Waals surface area contributed by atoms with Crippen LogP contribution < -0.4 is 11.1 Å². The number of nitrogens with two attached hydrogens (primary N) is 1. The molecular formula is C20H20N4O. The van der Waals surface area contributed by atoms with E-state index < -0.39 is 0 Å². The van der Waals surface area contributed by atoms with Gasteiger partial charge in [0, 0.05) is 11.3 Å². The zero-order chi connectivity index (χ0) is 17.6. The zero-order valence-electron chi connectivity index (χ0n) is 14.1. The number of aryl methyl sites for hydroxylation is 1. The molecule has 25 heavy (non-hydrogen) atoms. The van der Waals surface area contributed by atoms with E-state index in [4.69, 9.17) is 5.73 Å². The van der Waals surface area contributed by atoms with Crippen molar-refractivity contribution in [2.75, 3.05) is 18.4 Å². The molecule has 0 aromatic heterocycles. The molecule has 2 aromatic rings. The second kappa shape index (κ2) is 7.57. The highest BCUT2D eigenvalue weighted by Crippen LogP contribution is 2.13. The second-order valence-electron chi connectivity index (χ2n) is 5.78. The molecule has 0 bridgehead atoms. The Bertz CT molecular complexity index is 866. The maximum Gasteiger partial charge on any atom is 0.183 e. The standard InChI is InChI=1S/C20H20N4O/c1-14-7-5-6-10-16(14)18-12-24-20(21)17(11-23-18)19(25)13-22-15-8-3-2-4-9-15/h2-10,12,22H,11,13,21H2,1H3. The number of nitrogens with zero attached hydrogens (tertiary/aromatic N) is 2. The molecule has 0 unspecified atom stereocenters. The fourth-order valence-corrected chi connectivity index (χ4v) is 2.59. The molecule has 2 aromatic carbocycles. The van der Waals surface area contributed by atoms with E-state index in [9.17, 15) is 4.79 Å². The summed E-state index contributed by atoms with van der Waals surface area (Å²) in [6.07, 6.45) is 1.63. The van der Waals surface area contributed by atoms with Crippen molar-refractivity contribution in [1.29, 1.82) is 0 Å². The molecule has 3 N–H and O–H groups in total. The Hall–Kier alpha value is -3.21. The fourth-order valence-electron chi connectivity index (χ4n) is 2.59. The molecule has 1 heterocycles. The Balaban J connectivity index is 1.74. The lowest BCUT2D eigenvalue weighted by atomic mass is 10.0. The highest BCUT2D eigenvalue weighted by atomic mass is 16.1. The number of hydrogen-bond donors (Lipinski definition) is 2. The molecule has 3 rings (SSSR count). The third-order valence-corrected chi connectivity index (χ3v) is 4.03. The summed E-state index contributed by atoms with van der Waals surface area (Å²) in [4.78, 5) is 21.3. The molecule has 0 saturated carbocycles. The molecular weight excluding hydrogens is 312 g/mol. The number of benzene rings is 2. The molecule has 126 valence electrons. The first-order valence-electron chi connectivity index (χ1n) is 8.10. The Morgan fingerprint density at radius 1 is 1.12 bits per heavy atom. The summed E-state index contributed by atoms with van der Waals surface area (Å²) in [5, 5.41) is 3.10. The van der Waals surface area contributed by atoms with Crippen molar-refractivity contribution in [3.05, 3.63) is 77.1 Å². The van der Waals surface area contributed by atoms with E-state index in [1.165, 1.54) is 0 Å². The molecule has 0 aliphatic carbocycles. The van der Waals surface area contributed by atoms with Crippen molar-refractivity contribution in [3.63, 3.8) is 0 Å². The van der Waals surface area contributed by atoms with Crippen molar-refractivity contribution in [2.45, 2.75) is 6.92 Å². The van der Waals surface area contributed by atoms with Gasteiger partial charge in [0.1, 0.15) is 5.82 Å². The minimum atomic E-state index is -0.103. The number of ketones is 1. The molecule has 1 aliphatic heterocycles. The van der Waals surface area contributed by atoms with Crippen LogP contribution in [0.4, 0.5) is 5.69 Å². The molecule has 0 atom stereocenters. The van der Waals surface area contributed by atoms with Crippen LogP contribution >= 0.6 is 0 Å². The van der Waals surface area contributed by atoms with E-state index in [0.29, 0.717) is 5.57 Å². The van der Waals surface area contributed by atoms with E-state index in [1.54, 1.807) is 6.21 Å². The number of Topliss-reactive ketones (excluding diaryl/α,β-unsaturated/α-hetero) is 1. The van der Waals surface area contributed by atoms with Gasteiger partial charge in [-0.1, -0.05) is 42.5 Å². The summed E-state index contributed by atoms with van der Waals surface area (Å²) in [5.41, 5.74) is 10.1. The topological polar surface area (TPSA) is 79.8 Å². The Kier molecular flexibility index (Phi) is 5.04. The van der Waals surface area contributed by atoms with Crippen LogP contribution in [0.15, 0.2) is 76.0 Å². The van der Waals surface area contributed by atoms with E-state index in [-0.39, 0.29) is 24.7 Å². The number of carbonyl (C=O) groups excluding carboxylic acids is 1.